The smallest absolute Gasteiger partial charge is 0.275 e. The molecule has 36 heavy (non-hydrogen) atoms. The van der Waals surface area contributed by atoms with E-state index < -0.39 is 5.92 Å². The Labute approximate surface area is 210 Å². The number of benzene rings is 2. The molecule has 0 spiro atoms. The molecule has 8 heteroatoms. The van der Waals surface area contributed by atoms with E-state index in [0.29, 0.717) is 24.3 Å². The number of ether oxygens (including phenoxy) is 1. The second-order valence-corrected chi connectivity index (χ2v) is 9.23. The number of hydrogen-bond donors (Lipinski definition) is 3. The van der Waals surface area contributed by atoms with Crippen LogP contribution in [0, 0.1) is 0 Å². The van der Waals surface area contributed by atoms with Gasteiger partial charge in [0.25, 0.3) is 5.82 Å². The molecule has 2 heterocycles. The fourth-order valence-electron chi connectivity index (χ4n) is 4.59. The number of unbranched alkanes of at least 4 members (excludes halogenated alkanes) is 2. The molecule has 0 fully saturated rings. The number of nitrogens with one attached hydrogen (secondary N) is 4. The molecule has 1 aromatic heterocycles. The molecule has 188 valence electrons. The van der Waals surface area contributed by atoms with Crippen molar-refractivity contribution in [2.24, 2.45) is 0 Å². The van der Waals surface area contributed by atoms with Gasteiger partial charge in [0, 0.05) is 24.1 Å². The van der Waals surface area contributed by atoms with Crippen LogP contribution in [-0.2, 0) is 14.4 Å². The van der Waals surface area contributed by atoms with Gasteiger partial charge in [-0.1, -0.05) is 43.2 Å². The summed E-state index contributed by atoms with van der Waals surface area (Å²) >= 11 is 0. The zero-order valence-electron chi connectivity index (χ0n) is 20.7. The summed E-state index contributed by atoms with van der Waals surface area (Å²) < 4.78 is 5.30. The lowest BCUT2D eigenvalue weighted by Gasteiger charge is -2.16. The van der Waals surface area contributed by atoms with Crippen molar-refractivity contribution in [2.45, 2.75) is 57.4 Å². The number of fused-ring (bicyclic) bond motifs is 1. The third-order valence-corrected chi connectivity index (χ3v) is 6.53. The van der Waals surface area contributed by atoms with Gasteiger partial charge in [-0.05, 0) is 43.5 Å². The quantitative estimate of drug-likeness (QED) is 0.329. The molecule has 4 N–H and O–H groups in total. The summed E-state index contributed by atoms with van der Waals surface area (Å²) in [5.74, 6) is 0.673. The summed E-state index contributed by atoms with van der Waals surface area (Å²) in [6, 6.07) is 15.1. The number of amides is 2. The molecule has 2 aromatic carbocycles. The Morgan fingerprint density at radius 2 is 1.92 bits per heavy atom. The van der Waals surface area contributed by atoms with E-state index in [0.717, 1.165) is 41.9 Å². The third kappa shape index (κ3) is 6.19. The zero-order chi connectivity index (χ0) is 25.5. The Morgan fingerprint density at radius 1 is 1.11 bits per heavy atom. The lowest BCUT2D eigenvalue weighted by molar-refractivity contribution is -0.391. The Kier molecular flexibility index (Phi) is 8.15. The Hall–Kier alpha value is -3.94. The van der Waals surface area contributed by atoms with Crippen molar-refractivity contribution in [1.29, 1.82) is 0 Å². The van der Waals surface area contributed by atoms with Crippen LogP contribution in [-0.4, -0.2) is 29.7 Å². The van der Waals surface area contributed by atoms with Crippen LogP contribution in [0.2, 0.25) is 0 Å². The predicted molar refractivity (Wildman–Crippen MR) is 136 cm³/mol. The second-order valence-electron chi connectivity index (χ2n) is 9.23. The zero-order valence-corrected chi connectivity index (χ0v) is 20.7. The molecule has 0 bridgehead atoms. The average Bonchev–Trinajstić information content (AvgIpc) is 3.48. The minimum atomic E-state index is -0.571. The van der Waals surface area contributed by atoms with Crippen LogP contribution in [0.1, 0.15) is 68.8 Å². The van der Waals surface area contributed by atoms with E-state index in [1.54, 1.807) is 26.2 Å². The van der Waals surface area contributed by atoms with Gasteiger partial charge in [0.2, 0.25) is 11.8 Å². The van der Waals surface area contributed by atoms with E-state index in [-0.39, 0.29) is 30.1 Å². The highest BCUT2D eigenvalue weighted by Gasteiger charge is 2.34. The normalized spacial score (nSPS) is 15.2. The van der Waals surface area contributed by atoms with Gasteiger partial charge in [0.1, 0.15) is 23.8 Å². The van der Waals surface area contributed by atoms with Gasteiger partial charge in [-0.25, -0.2) is 9.97 Å². The van der Waals surface area contributed by atoms with Crippen LogP contribution in [0.5, 0.6) is 5.75 Å². The number of methoxy groups -OCH3 is 1. The number of aromatic amines is 2. The molecule has 2 amide bonds. The number of carbonyl (C=O) groups is 3. The minimum Gasteiger partial charge on any atom is -0.497 e. The molecule has 1 unspecified atom stereocenters. The van der Waals surface area contributed by atoms with E-state index in [4.69, 9.17) is 4.74 Å². The number of hydrogen-bond acceptors (Lipinski definition) is 4. The van der Waals surface area contributed by atoms with Crippen LogP contribution >= 0.6 is 0 Å². The summed E-state index contributed by atoms with van der Waals surface area (Å²) in [5, 5.41) is 5.98. The highest BCUT2D eigenvalue weighted by atomic mass is 16.5. The SMILES string of the molecule is COc1ccc2c(c1)C(CC(=O)N[C@@H](CCCCCC(C)=O)c1[nH]c(-c3ccccc3)c[nH+]1)C(=O)N2. The van der Waals surface area contributed by atoms with Crippen molar-refractivity contribution >= 4 is 23.3 Å². The van der Waals surface area contributed by atoms with Crippen molar-refractivity contribution in [3.63, 3.8) is 0 Å². The minimum absolute atomic E-state index is 0.0408. The standard InChI is InChI=1S/C28H32N4O4/c1-18(33)9-5-3-8-12-24(27-29-17-25(31-27)19-10-6-4-7-11-19)30-26(34)16-22-21-15-20(36-2)13-14-23(21)32-28(22)35/h4,6-7,10-11,13-15,17,22,24H,3,5,8-9,12,16H2,1-2H3,(H,29,31)(H,30,34)(H,32,35)/p+1/t22?,24-/m0/s1. The van der Waals surface area contributed by atoms with Gasteiger partial charge < -0.3 is 20.2 Å². The molecule has 2 atom stereocenters. The summed E-state index contributed by atoms with van der Waals surface area (Å²) in [6.45, 7) is 1.61. The maximum absolute atomic E-state index is 13.2. The Balaban J connectivity index is 1.46. The lowest BCUT2D eigenvalue weighted by Crippen LogP contribution is -2.33. The second kappa shape index (κ2) is 11.7. The fraction of sp³-hybridized carbons (Fsp3) is 0.357. The molecule has 1 aliphatic heterocycles. The first-order chi connectivity index (χ1) is 17.4. The molecule has 4 rings (SSSR count). The summed E-state index contributed by atoms with van der Waals surface area (Å²) in [5.41, 5.74) is 3.45. The summed E-state index contributed by atoms with van der Waals surface area (Å²) in [6.07, 6.45) is 5.80. The average molecular weight is 490 g/mol. The third-order valence-electron chi connectivity index (χ3n) is 6.53. The molecule has 0 saturated heterocycles. The van der Waals surface area contributed by atoms with Crippen molar-refractivity contribution < 1.29 is 24.1 Å². The number of aromatic nitrogens is 2. The monoisotopic (exact) mass is 489 g/mol. The number of Topliss-reactive ketones (excluding diaryl/α,β-unsaturated/α-hetero) is 1. The van der Waals surface area contributed by atoms with Crippen molar-refractivity contribution in [2.75, 3.05) is 12.4 Å². The van der Waals surface area contributed by atoms with E-state index in [9.17, 15) is 14.4 Å². The number of carbonyl (C=O) groups excluding carboxylic acids is 3. The van der Waals surface area contributed by atoms with Gasteiger partial charge >= 0.3 is 0 Å². The number of imidazole rings is 1. The van der Waals surface area contributed by atoms with Crippen LogP contribution in [0.15, 0.2) is 54.7 Å². The molecular formula is C28H33N4O4+. The van der Waals surface area contributed by atoms with Crippen LogP contribution in [0.3, 0.4) is 0 Å². The first-order valence-electron chi connectivity index (χ1n) is 12.4. The summed E-state index contributed by atoms with van der Waals surface area (Å²) in [4.78, 5) is 43.7. The van der Waals surface area contributed by atoms with E-state index in [1.807, 2.05) is 42.6 Å². The first kappa shape index (κ1) is 25.2. The van der Waals surface area contributed by atoms with Crippen LogP contribution < -0.4 is 20.4 Å². The molecular weight excluding hydrogens is 456 g/mol. The van der Waals surface area contributed by atoms with Crippen molar-refractivity contribution in [3.05, 3.63) is 66.1 Å². The Morgan fingerprint density at radius 3 is 2.67 bits per heavy atom. The topological polar surface area (TPSA) is 114 Å². The van der Waals surface area contributed by atoms with Gasteiger partial charge in [0.15, 0.2) is 5.69 Å². The summed E-state index contributed by atoms with van der Waals surface area (Å²) in [7, 11) is 1.57. The molecule has 0 radical (unpaired) electrons. The maximum Gasteiger partial charge on any atom is 0.275 e. The van der Waals surface area contributed by atoms with Gasteiger partial charge in [-0.3, -0.25) is 9.59 Å². The predicted octanol–water partition coefficient (Wildman–Crippen LogP) is 4.33. The van der Waals surface area contributed by atoms with Crippen LogP contribution in [0.25, 0.3) is 11.3 Å². The van der Waals surface area contributed by atoms with E-state index in [2.05, 4.69) is 20.6 Å². The Bertz CT molecular complexity index is 1220. The lowest BCUT2D eigenvalue weighted by atomic mass is 9.96. The van der Waals surface area contributed by atoms with Gasteiger partial charge in [-0.2, -0.15) is 0 Å². The molecule has 1 aliphatic rings. The fourth-order valence-corrected chi connectivity index (χ4v) is 4.59. The molecule has 0 aliphatic carbocycles. The number of anilines is 1. The molecule has 0 saturated carbocycles. The van der Waals surface area contributed by atoms with E-state index in [1.165, 1.54) is 0 Å². The highest BCUT2D eigenvalue weighted by molar-refractivity contribution is 6.05. The van der Waals surface area contributed by atoms with Gasteiger partial charge in [-0.15, -0.1) is 0 Å². The number of rotatable bonds is 12. The number of H-pyrrole nitrogens is 2. The van der Waals surface area contributed by atoms with Crippen LogP contribution in [0.4, 0.5) is 5.69 Å². The van der Waals surface area contributed by atoms with Crippen molar-refractivity contribution in [3.8, 4) is 17.0 Å². The number of ketones is 1. The largest absolute Gasteiger partial charge is 0.497 e. The molecule has 3 aromatic rings. The van der Waals surface area contributed by atoms with E-state index >= 15 is 0 Å². The van der Waals surface area contributed by atoms with Crippen molar-refractivity contribution in [1.82, 2.24) is 10.3 Å². The highest BCUT2D eigenvalue weighted by Crippen LogP contribution is 2.37. The molecule has 8 nitrogen and oxygen atoms in total. The maximum atomic E-state index is 13.2. The first-order valence-corrected chi connectivity index (χ1v) is 12.4. The van der Waals surface area contributed by atoms with Gasteiger partial charge in [0.05, 0.1) is 13.0 Å².